The Morgan fingerprint density at radius 1 is 1.12 bits per heavy atom. The molecule has 0 saturated carbocycles. The summed E-state index contributed by atoms with van der Waals surface area (Å²) in [4.78, 5) is 6.56. The van der Waals surface area contributed by atoms with Crippen LogP contribution < -0.4 is 4.90 Å². The van der Waals surface area contributed by atoms with Crippen LogP contribution in [0.1, 0.15) is 35.0 Å². The Balaban J connectivity index is 1.61. The number of benzene rings is 1. The number of rotatable bonds is 3. The largest absolute Gasteiger partial charge is 0.382 e. The molecule has 4 rings (SSSR count). The van der Waals surface area contributed by atoms with Crippen LogP contribution in [0.2, 0.25) is 0 Å². The zero-order valence-electron chi connectivity index (χ0n) is 14.3. The Morgan fingerprint density at radius 3 is 2.77 bits per heavy atom. The van der Waals surface area contributed by atoms with E-state index in [0.29, 0.717) is 17.8 Å². The van der Waals surface area contributed by atoms with Gasteiger partial charge in [0, 0.05) is 19.3 Å². The van der Waals surface area contributed by atoms with Crippen molar-refractivity contribution < 1.29 is 5.11 Å². The third-order valence-electron chi connectivity index (χ3n) is 4.63. The Hall–Kier alpha value is -3.17. The van der Waals surface area contributed by atoms with E-state index >= 15 is 0 Å². The van der Waals surface area contributed by atoms with Gasteiger partial charge in [-0.05, 0) is 30.2 Å². The van der Waals surface area contributed by atoms with E-state index in [4.69, 9.17) is 5.26 Å². The molecule has 1 aliphatic heterocycles. The molecule has 130 valence electrons. The molecule has 0 saturated heterocycles. The smallest absolute Gasteiger partial charge is 0.130 e. The van der Waals surface area contributed by atoms with Gasteiger partial charge in [0.1, 0.15) is 11.9 Å². The van der Waals surface area contributed by atoms with Gasteiger partial charge in [-0.3, -0.25) is 4.68 Å². The van der Waals surface area contributed by atoms with Crippen molar-refractivity contribution in [3.63, 3.8) is 0 Å². The zero-order valence-corrected chi connectivity index (χ0v) is 14.3. The van der Waals surface area contributed by atoms with E-state index in [1.165, 1.54) is 0 Å². The van der Waals surface area contributed by atoms with Crippen LogP contribution in [0.15, 0.2) is 54.7 Å². The minimum Gasteiger partial charge on any atom is -0.382 e. The van der Waals surface area contributed by atoms with Gasteiger partial charge in [-0.2, -0.15) is 10.4 Å². The summed E-state index contributed by atoms with van der Waals surface area (Å²) in [7, 11) is 0. The average molecular weight is 345 g/mol. The van der Waals surface area contributed by atoms with Crippen molar-refractivity contribution in [1.29, 1.82) is 5.26 Å². The van der Waals surface area contributed by atoms with Crippen molar-refractivity contribution in [3.8, 4) is 6.07 Å². The Bertz CT molecular complexity index is 944. The van der Waals surface area contributed by atoms with E-state index in [1.54, 1.807) is 12.3 Å². The molecule has 0 unspecified atom stereocenters. The molecule has 1 aromatic carbocycles. The highest BCUT2D eigenvalue weighted by Gasteiger charge is 2.21. The van der Waals surface area contributed by atoms with Gasteiger partial charge in [0.25, 0.3) is 0 Å². The van der Waals surface area contributed by atoms with E-state index in [9.17, 15) is 5.11 Å². The second-order valence-electron chi connectivity index (χ2n) is 6.39. The highest BCUT2D eigenvalue weighted by atomic mass is 16.3. The molecule has 3 heterocycles. The molecule has 0 radical (unpaired) electrons. The summed E-state index contributed by atoms with van der Waals surface area (Å²) in [6, 6.07) is 17.2. The van der Waals surface area contributed by atoms with Crippen LogP contribution in [-0.4, -0.2) is 26.4 Å². The lowest BCUT2D eigenvalue weighted by Crippen LogP contribution is -2.23. The van der Waals surface area contributed by atoms with E-state index < -0.39 is 6.10 Å². The van der Waals surface area contributed by atoms with E-state index in [0.717, 1.165) is 36.6 Å². The second-order valence-corrected chi connectivity index (χ2v) is 6.39. The van der Waals surface area contributed by atoms with Crippen LogP contribution in [0, 0.1) is 11.3 Å². The predicted molar refractivity (Wildman–Crippen MR) is 97.3 cm³/mol. The number of aliphatic hydroxyl groups is 1. The highest BCUT2D eigenvalue weighted by Crippen LogP contribution is 2.25. The summed E-state index contributed by atoms with van der Waals surface area (Å²) < 4.78 is 1.97. The fourth-order valence-corrected chi connectivity index (χ4v) is 3.28. The molecule has 0 fully saturated rings. The van der Waals surface area contributed by atoms with Gasteiger partial charge < -0.3 is 10.0 Å². The first-order chi connectivity index (χ1) is 12.7. The number of hydrogen-bond donors (Lipinski definition) is 1. The number of hydrogen-bond acceptors (Lipinski definition) is 5. The molecule has 0 amide bonds. The summed E-state index contributed by atoms with van der Waals surface area (Å²) in [6.07, 6.45) is 1.86. The van der Waals surface area contributed by atoms with Crippen LogP contribution in [0.4, 0.5) is 5.82 Å². The Kier molecular flexibility index (Phi) is 4.38. The zero-order chi connectivity index (χ0) is 17.9. The van der Waals surface area contributed by atoms with Crippen molar-refractivity contribution in [2.75, 3.05) is 11.4 Å². The topological polar surface area (TPSA) is 78.0 Å². The molecule has 6 heteroatoms. The van der Waals surface area contributed by atoms with Crippen molar-refractivity contribution in [2.24, 2.45) is 0 Å². The van der Waals surface area contributed by atoms with Crippen molar-refractivity contribution in [1.82, 2.24) is 14.8 Å². The molecular weight excluding hydrogens is 326 g/mol. The molecule has 2 aromatic heterocycles. The van der Waals surface area contributed by atoms with E-state index in [-0.39, 0.29) is 0 Å². The summed E-state index contributed by atoms with van der Waals surface area (Å²) in [5.41, 5.74) is 3.14. The minimum absolute atomic E-state index is 0.605. The van der Waals surface area contributed by atoms with Gasteiger partial charge in [-0.1, -0.05) is 30.3 Å². The maximum Gasteiger partial charge on any atom is 0.130 e. The first-order valence-corrected chi connectivity index (χ1v) is 8.65. The molecule has 0 aliphatic carbocycles. The van der Waals surface area contributed by atoms with E-state index in [1.807, 2.05) is 47.1 Å². The van der Waals surface area contributed by atoms with E-state index in [2.05, 4.69) is 21.1 Å². The third-order valence-corrected chi connectivity index (χ3v) is 4.63. The van der Waals surface area contributed by atoms with Crippen LogP contribution in [-0.2, 0) is 13.1 Å². The monoisotopic (exact) mass is 345 g/mol. The number of nitriles is 1. The molecule has 26 heavy (non-hydrogen) atoms. The number of nitrogens with zero attached hydrogens (tertiary/aromatic N) is 5. The number of aliphatic hydroxyl groups excluding tert-OH is 1. The molecule has 1 N–H and O–H groups in total. The maximum absolute atomic E-state index is 10.6. The fourth-order valence-electron chi connectivity index (χ4n) is 3.28. The first-order valence-electron chi connectivity index (χ1n) is 8.65. The molecule has 3 aromatic rings. The maximum atomic E-state index is 10.6. The normalized spacial score (nSPS) is 15.0. The number of aryl methyl sites for hydroxylation is 1. The van der Waals surface area contributed by atoms with Crippen molar-refractivity contribution >= 4 is 5.82 Å². The van der Waals surface area contributed by atoms with Crippen LogP contribution in [0.25, 0.3) is 0 Å². The third kappa shape index (κ3) is 3.17. The lowest BCUT2D eigenvalue weighted by Gasteiger charge is -2.21. The highest BCUT2D eigenvalue weighted by molar-refractivity contribution is 5.45. The number of anilines is 1. The van der Waals surface area contributed by atoms with Crippen molar-refractivity contribution in [3.05, 3.63) is 77.2 Å². The molecule has 1 aliphatic rings. The van der Waals surface area contributed by atoms with Gasteiger partial charge in [-0.25, -0.2) is 4.98 Å². The lowest BCUT2D eigenvalue weighted by molar-refractivity contribution is 0.214. The molecular formula is C20H19N5O. The van der Waals surface area contributed by atoms with Gasteiger partial charge in [0.15, 0.2) is 0 Å². The summed E-state index contributed by atoms with van der Waals surface area (Å²) in [6.45, 7) is 2.30. The minimum atomic E-state index is -0.732. The van der Waals surface area contributed by atoms with Gasteiger partial charge >= 0.3 is 0 Å². The lowest BCUT2D eigenvalue weighted by atomic mass is 10.1. The number of fused-ring (bicyclic) bond motifs is 1. The van der Waals surface area contributed by atoms with Gasteiger partial charge in [0.2, 0.25) is 0 Å². The SMILES string of the molecule is N#Cc1ccnc(N2CCCn3nc([C@H](O)c4ccccc4)cc3C2)c1. The summed E-state index contributed by atoms with van der Waals surface area (Å²) in [5, 5.41) is 24.3. The van der Waals surface area contributed by atoms with Crippen LogP contribution in [0.5, 0.6) is 0 Å². The fraction of sp³-hybridized carbons (Fsp3) is 0.250. The summed E-state index contributed by atoms with van der Waals surface area (Å²) in [5.74, 6) is 0.795. The second kappa shape index (κ2) is 6.98. The average Bonchev–Trinajstić information content (AvgIpc) is 2.99. The Morgan fingerprint density at radius 2 is 1.96 bits per heavy atom. The van der Waals surface area contributed by atoms with Crippen molar-refractivity contribution in [2.45, 2.75) is 25.6 Å². The first kappa shape index (κ1) is 16.3. The quantitative estimate of drug-likeness (QED) is 0.789. The van der Waals surface area contributed by atoms with Crippen LogP contribution >= 0.6 is 0 Å². The molecule has 0 bridgehead atoms. The Labute approximate surface area is 152 Å². The molecule has 0 spiro atoms. The number of aromatic nitrogens is 3. The standard InChI is InChI=1S/C20H19N5O/c21-13-15-7-8-22-19(11-15)24-9-4-10-25-17(14-24)12-18(23-25)20(26)16-5-2-1-3-6-16/h1-3,5-8,11-12,20,26H,4,9-10,14H2/t20-/m1/s1. The number of pyridine rings is 1. The van der Waals surface area contributed by atoms with Gasteiger partial charge in [0.05, 0.1) is 29.6 Å². The predicted octanol–water partition coefficient (Wildman–Crippen LogP) is 2.64. The van der Waals surface area contributed by atoms with Gasteiger partial charge in [-0.15, -0.1) is 0 Å². The molecule has 1 atom stereocenters. The summed E-state index contributed by atoms with van der Waals surface area (Å²) >= 11 is 0. The molecule has 6 nitrogen and oxygen atoms in total. The van der Waals surface area contributed by atoms with Crippen LogP contribution in [0.3, 0.4) is 0 Å².